The van der Waals surface area contributed by atoms with Gasteiger partial charge in [-0.05, 0) is 24.3 Å². The molecule has 1 N–H and O–H groups in total. The molecule has 2 aliphatic rings. The number of nitrogens with one attached hydrogen (secondary N) is 1. The first kappa shape index (κ1) is 15.0. The second-order valence-electron chi connectivity index (χ2n) is 4.62. The molecule has 110 valence electrons. The van der Waals surface area contributed by atoms with Gasteiger partial charge in [0.2, 0.25) is 0 Å². The SMILES string of the molecule is O=S1CCNc2ccccc21.c1ccc2c(c1)SCCS2. The highest BCUT2D eigenvalue weighted by molar-refractivity contribution is 8.05. The van der Waals surface area contributed by atoms with E-state index in [4.69, 9.17) is 0 Å². The van der Waals surface area contributed by atoms with Gasteiger partial charge >= 0.3 is 0 Å². The van der Waals surface area contributed by atoms with Gasteiger partial charge < -0.3 is 5.32 Å². The molecule has 2 aliphatic heterocycles. The lowest BCUT2D eigenvalue weighted by molar-refractivity contribution is 0.682. The van der Waals surface area contributed by atoms with Crippen molar-refractivity contribution in [1.29, 1.82) is 0 Å². The van der Waals surface area contributed by atoms with Crippen molar-refractivity contribution in [2.75, 3.05) is 29.1 Å². The molecule has 0 aliphatic carbocycles. The van der Waals surface area contributed by atoms with Crippen LogP contribution in [0.15, 0.2) is 63.2 Å². The number of anilines is 1. The molecule has 2 aromatic rings. The Balaban J connectivity index is 0.000000126. The monoisotopic (exact) mass is 335 g/mol. The average Bonchev–Trinajstić information content (AvgIpc) is 2.56. The van der Waals surface area contributed by atoms with E-state index in [-0.39, 0.29) is 0 Å². The summed E-state index contributed by atoms with van der Waals surface area (Å²) in [7, 11) is -0.778. The Bertz CT molecular complexity index is 620. The summed E-state index contributed by atoms with van der Waals surface area (Å²) in [6.45, 7) is 0.823. The van der Waals surface area contributed by atoms with E-state index >= 15 is 0 Å². The lowest BCUT2D eigenvalue weighted by atomic mass is 10.3. The Morgan fingerprint density at radius 1 is 0.905 bits per heavy atom. The van der Waals surface area contributed by atoms with E-state index < -0.39 is 10.8 Å². The van der Waals surface area contributed by atoms with Gasteiger partial charge in [-0.25, -0.2) is 0 Å². The van der Waals surface area contributed by atoms with Crippen LogP contribution in [-0.4, -0.2) is 28.0 Å². The van der Waals surface area contributed by atoms with Crippen molar-refractivity contribution in [3.05, 3.63) is 48.5 Å². The van der Waals surface area contributed by atoms with Crippen LogP contribution in [0.3, 0.4) is 0 Å². The number of hydrogen-bond donors (Lipinski definition) is 1. The molecule has 0 amide bonds. The maximum absolute atomic E-state index is 11.4. The molecule has 2 nitrogen and oxygen atoms in total. The predicted octanol–water partition coefficient (Wildman–Crippen LogP) is 4.10. The fourth-order valence-corrected chi connectivity index (χ4v) is 5.54. The van der Waals surface area contributed by atoms with Crippen LogP contribution < -0.4 is 5.32 Å². The van der Waals surface area contributed by atoms with E-state index in [0.29, 0.717) is 0 Å². The number of hydrogen-bond acceptors (Lipinski definition) is 4. The van der Waals surface area contributed by atoms with Gasteiger partial charge in [-0.15, -0.1) is 23.5 Å². The Hall–Kier alpha value is -0.910. The number of rotatable bonds is 0. The summed E-state index contributed by atoms with van der Waals surface area (Å²) in [4.78, 5) is 3.86. The highest BCUT2D eigenvalue weighted by atomic mass is 32.2. The van der Waals surface area contributed by atoms with Crippen LogP contribution >= 0.6 is 23.5 Å². The Morgan fingerprint density at radius 2 is 1.52 bits per heavy atom. The summed E-state index contributed by atoms with van der Waals surface area (Å²) in [5.74, 6) is 3.26. The van der Waals surface area contributed by atoms with Gasteiger partial charge in [0.1, 0.15) is 0 Å². The van der Waals surface area contributed by atoms with E-state index in [1.54, 1.807) is 0 Å². The van der Waals surface area contributed by atoms with Crippen LogP contribution in [0.5, 0.6) is 0 Å². The smallest absolute Gasteiger partial charge is 0.0620 e. The zero-order valence-electron chi connectivity index (χ0n) is 11.6. The Kier molecular flexibility index (Phi) is 5.27. The maximum Gasteiger partial charge on any atom is 0.0620 e. The summed E-state index contributed by atoms with van der Waals surface area (Å²) >= 11 is 3.94. The fourth-order valence-electron chi connectivity index (χ4n) is 2.19. The van der Waals surface area contributed by atoms with Crippen molar-refractivity contribution >= 4 is 40.0 Å². The van der Waals surface area contributed by atoms with Crippen molar-refractivity contribution < 1.29 is 4.21 Å². The Morgan fingerprint density at radius 3 is 2.19 bits per heavy atom. The highest BCUT2D eigenvalue weighted by Gasteiger charge is 2.13. The highest BCUT2D eigenvalue weighted by Crippen LogP contribution is 2.35. The summed E-state index contributed by atoms with van der Waals surface area (Å²) in [6.07, 6.45) is 0. The standard InChI is InChI=1S/C8H9NOS.C8H8S2/c10-11-6-5-9-7-3-1-2-4-8(7)11;1-2-4-8-7(3-1)9-5-6-10-8/h1-4,9H,5-6H2;1-4H,5-6H2. The zero-order chi connectivity index (χ0) is 14.5. The average molecular weight is 336 g/mol. The van der Waals surface area contributed by atoms with Gasteiger partial charge in [-0.3, -0.25) is 4.21 Å². The zero-order valence-corrected chi connectivity index (χ0v) is 14.0. The van der Waals surface area contributed by atoms with Crippen LogP contribution in [0.2, 0.25) is 0 Å². The van der Waals surface area contributed by atoms with Crippen molar-refractivity contribution in [2.45, 2.75) is 14.7 Å². The third kappa shape index (κ3) is 3.84. The van der Waals surface area contributed by atoms with Crippen LogP contribution in [0.1, 0.15) is 0 Å². The molecule has 0 bridgehead atoms. The van der Waals surface area contributed by atoms with Gasteiger partial charge in [0.15, 0.2) is 0 Å². The first-order valence-corrected chi connectivity index (χ1v) is 10.2. The van der Waals surface area contributed by atoms with Crippen LogP contribution in [0.25, 0.3) is 0 Å². The van der Waals surface area contributed by atoms with Gasteiger partial charge in [0, 0.05) is 33.6 Å². The minimum absolute atomic E-state index is 0.733. The predicted molar refractivity (Wildman–Crippen MR) is 94.1 cm³/mol. The van der Waals surface area contributed by atoms with Gasteiger partial charge in [0.25, 0.3) is 0 Å². The molecule has 4 rings (SSSR count). The lowest BCUT2D eigenvalue weighted by Gasteiger charge is -2.16. The van der Waals surface area contributed by atoms with E-state index in [0.717, 1.165) is 22.9 Å². The fraction of sp³-hybridized carbons (Fsp3) is 0.250. The molecule has 1 unspecified atom stereocenters. The third-order valence-corrected chi connectivity index (χ3v) is 7.14. The van der Waals surface area contributed by atoms with E-state index in [2.05, 4.69) is 29.6 Å². The summed E-state index contributed by atoms with van der Waals surface area (Å²) in [6, 6.07) is 16.4. The molecule has 0 saturated carbocycles. The van der Waals surface area contributed by atoms with Crippen LogP contribution in [0.4, 0.5) is 5.69 Å². The summed E-state index contributed by atoms with van der Waals surface area (Å²) in [5.41, 5.74) is 1.03. The number of fused-ring (bicyclic) bond motifs is 2. The minimum Gasteiger partial charge on any atom is -0.383 e. The Labute approximate surface area is 136 Å². The van der Waals surface area contributed by atoms with E-state index in [1.165, 1.54) is 21.3 Å². The van der Waals surface area contributed by atoms with Crippen molar-refractivity contribution in [3.8, 4) is 0 Å². The molecule has 0 fully saturated rings. The quantitative estimate of drug-likeness (QED) is 0.785. The van der Waals surface area contributed by atoms with Gasteiger partial charge in [0.05, 0.1) is 21.4 Å². The first-order chi connectivity index (χ1) is 10.3. The van der Waals surface area contributed by atoms with E-state index in [9.17, 15) is 4.21 Å². The van der Waals surface area contributed by atoms with Crippen LogP contribution in [0, 0.1) is 0 Å². The molecule has 0 saturated heterocycles. The van der Waals surface area contributed by atoms with E-state index in [1.807, 2.05) is 47.8 Å². The summed E-state index contributed by atoms with van der Waals surface area (Å²) < 4.78 is 11.4. The summed E-state index contributed by atoms with van der Waals surface area (Å²) in [5, 5.41) is 3.20. The molecule has 5 heteroatoms. The molecule has 1 atom stereocenters. The normalized spacial score (nSPS) is 19.3. The maximum atomic E-state index is 11.4. The number of benzene rings is 2. The topological polar surface area (TPSA) is 29.1 Å². The number of thioether (sulfide) groups is 2. The molecular weight excluding hydrogens is 318 g/mol. The number of para-hydroxylation sites is 1. The third-order valence-electron chi connectivity index (χ3n) is 3.18. The molecule has 0 aromatic heterocycles. The molecule has 2 aromatic carbocycles. The second kappa shape index (κ2) is 7.38. The molecule has 0 radical (unpaired) electrons. The largest absolute Gasteiger partial charge is 0.383 e. The molecule has 2 heterocycles. The minimum atomic E-state index is -0.778. The van der Waals surface area contributed by atoms with Crippen molar-refractivity contribution in [3.63, 3.8) is 0 Å². The second-order valence-corrected chi connectivity index (χ2v) is 8.43. The molecule has 21 heavy (non-hydrogen) atoms. The molecular formula is C16H17NOS3. The molecule has 0 spiro atoms. The van der Waals surface area contributed by atoms with Crippen LogP contribution in [-0.2, 0) is 10.8 Å². The van der Waals surface area contributed by atoms with Crippen molar-refractivity contribution in [1.82, 2.24) is 0 Å². The van der Waals surface area contributed by atoms with Crippen molar-refractivity contribution in [2.24, 2.45) is 0 Å². The van der Waals surface area contributed by atoms with Gasteiger partial charge in [-0.2, -0.15) is 0 Å². The van der Waals surface area contributed by atoms with Gasteiger partial charge in [-0.1, -0.05) is 24.3 Å². The first-order valence-electron chi connectivity index (χ1n) is 6.90. The lowest BCUT2D eigenvalue weighted by Crippen LogP contribution is -2.18.